The molecule has 0 spiro atoms. The average molecular weight is 263 g/mol. The molecule has 1 aliphatic carbocycles. The van der Waals surface area contributed by atoms with Gasteiger partial charge in [0, 0.05) is 23.7 Å². The van der Waals surface area contributed by atoms with Gasteiger partial charge in [-0.1, -0.05) is 6.42 Å². The zero-order valence-corrected chi connectivity index (χ0v) is 11.4. The molecule has 1 aromatic heterocycles. The van der Waals surface area contributed by atoms with Crippen molar-refractivity contribution in [3.8, 4) is 0 Å². The zero-order chi connectivity index (χ0) is 13.7. The van der Waals surface area contributed by atoms with Crippen molar-refractivity contribution in [1.29, 1.82) is 0 Å². The fourth-order valence-corrected chi connectivity index (χ4v) is 2.47. The van der Waals surface area contributed by atoms with E-state index in [4.69, 9.17) is 5.11 Å². The molecule has 5 heteroatoms. The van der Waals surface area contributed by atoms with Crippen LogP contribution in [0.2, 0.25) is 0 Å². The van der Waals surface area contributed by atoms with E-state index < -0.39 is 5.97 Å². The van der Waals surface area contributed by atoms with Crippen LogP contribution in [0.25, 0.3) is 0 Å². The van der Waals surface area contributed by atoms with E-state index in [1.54, 1.807) is 6.33 Å². The van der Waals surface area contributed by atoms with Gasteiger partial charge in [-0.25, -0.2) is 9.97 Å². The van der Waals surface area contributed by atoms with Gasteiger partial charge in [0.25, 0.3) is 0 Å². The maximum absolute atomic E-state index is 10.6. The Morgan fingerprint density at radius 2 is 2.16 bits per heavy atom. The molecule has 0 radical (unpaired) electrons. The summed E-state index contributed by atoms with van der Waals surface area (Å²) in [5, 5.41) is 12.0. The molecule has 0 saturated heterocycles. The highest BCUT2D eigenvalue weighted by Gasteiger charge is 2.15. The second kappa shape index (κ2) is 6.50. The molecular formula is C14H21N3O2. The third-order valence-electron chi connectivity index (χ3n) is 3.55. The lowest BCUT2D eigenvalue weighted by molar-refractivity contribution is -0.137. The SMILES string of the molecule is CC(CCC(=O)O)Nc1ncnc2c1CCCCC2. The first kappa shape index (κ1) is 13.8. The van der Waals surface area contributed by atoms with Gasteiger partial charge in [0.05, 0.1) is 0 Å². The summed E-state index contributed by atoms with van der Waals surface area (Å²) in [6.45, 7) is 1.99. The summed E-state index contributed by atoms with van der Waals surface area (Å²) in [6, 6.07) is 0.110. The normalized spacial score (nSPS) is 16.3. The molecule has 1 unspecified atom stereocenters. The quantitative estimate of drug-likeness (QED) is 0.798. The maximum atomic E-state index is 10.6. The first-order valence-electron chi connectivity index (χ1n) is 6.98. The van der Waals surface area contributed by atoms with Crippen molar-refractivity contribution < 1.29 is 9.90 Å². The van der Waals surface area contributed by atoms with Crippen molar-refractivity contribution in [2.45, 2.75) is 57.9 Å². The summed E-state index contributed by atoms with van der Waals surface area (Å²) in [6.07, 6.45) is 8.05. The van der Waals surface area contributed by atoms with Crippen LogP contribution in [0.15, 0.2) is 6.33 Å². The number of aryl methyl sites for hydroxylation is 1. The first-order chi connectivity index (χ1) is 9.16. The van der Waals surface area contributed by atoms with Gasteiger partial charge in [-0.3, -0.25) is 4.79 Å². The predicted molar refractivity (Wildman–Crippen MR) is 73.2 cm³/mol. The molecule has 0 saturated carbocycles. The standard InChI is InChI=1S/C14H21N3O2/c1-10(7-8-13(18)19)17-14-11-5-3-2-4-6-12(11)15-9-16-14/h9-10H,2-8H2,1H3,(H,18,19)(H,15,16,17). The van der Waals surface area contributed by atoms with Crippen LogP contribution in [0, 0.1) is 0 Å². The Hall–Kier alpha value is -1.65. The number of rotatable bonds is 5. The number of hydrogen-bond acceptors (Lipinski definition) is 4. The Kier molecular flexibility index (Phi) is 4.71. The number of carbonyl (C=O) groups is 1. The minimum atomic E-state index is -0.754. The van der Waals surface area contributed by atoms with E-state index >= 15 is 0 Å². The number of carboxylic acid groups (broad SMARTS) is 1. The van der Waals surface area contributed by atoms with Crippen LogP contribution in [-0.4, -0.2) is 27.1 Å². The highest BCUT2D eigenvalue weighted by atomic mass is 16.4. The number of nitrogens with one attached hydrogen (secondary N) is 1. The smallest absolute Gasteiger partial charge is 0.303 e. The minimum absolute atomic E-state index is 0.110. The van der Waals surface area contributed by atoms with Gasteiger partial charge in [0.15, 0.2) is 0 Å². The largest absolute Gasteiger partial charge is 0.481 e. The molecule has 1 aromatic rings. The van der Waals surface area contributed by atoms with Crippen molar-refractivity contribution in [1.82, 2.24) is 9.97 Å². The number of aromatic nitrogens is 2. The van der Waals surface area contributed by atoms with Crippen molar-refractivity contribution >= 4 is 11.8 Å². The zero-order valence-electron chi connectivity index (χ0n) is 11.4. The Morgan fingerprint density at radius 3 is 2.95 bits per heavy atom. The summed E-state index contributed by atoms with van der Waals surface area (Å²) in [4.78, 5) is 19.3. The highest BCUT2D eigenvalue weighted by molar-refractivity contribution is 5.66. The van der Waals surface area contributed by atoms with Crippen molar-refractivity contribution in [3.05, 3.63) is 17.6 Å². The van der Waals surface area contributed by atoms with Gasteiger partial charge in [-0.05, 0) is 39.0 Å². The Labute approximate surface area is 113 Å². The van der Waals surface area contributed by atoms with Crippen LogP contribution in [-0.2, 0) is 17.6 Å². The molecule has 0 fully saturated rings. The summed E-state index contributed by atoms with van der Waals surface area (Å²) >= 11 is 0. The molecule has 19 heavy (non-hydrogen) atoms. The van der Waals surface area contributed by atoms with Crippen LogP contribution in [0.5, 0.6) is 0 Å². The van der Waals surface area contributed by atoms with E-state index in [9.17, 15) is 4.79 Å². The maximum Gasteiger partial charge on any atom is 0.303 e. The molecule has 2 rings (SSSR count). The fourth-order valence-electron chi connectivity index (χ4n) is 2.47. The van der Waals surface area contributed by atoms with Gasteiger partial charge in [0.2, 0.25) is 0 Å². The highest BCUT2D eigenvalue weighted by Crippen LogP contribution is 2.24. The van der Waals surface area contributed by atoms with Gasteiger partial charge in [0.1, 0.15) is 12.1 Å². The number of carboxylic acids is 1. The third-order valence-corrected chi connectivity index (χ3v) is 3.55. The molecule has 104 valence electrons. The molecule has 2 N–H and O–H groups in total. The second-order valence-electron chi connectivity index (χ2n) is 5.19. The average Bonchev–Trinajstić information content (AvgIpc) is 2.62. The lowest BCUT2D eigenvalue weighted by atomic mass is 10.1. The molecule has 1 atom stereocenters. The van der Waals surface area contributed by atoms with Crippen molar-refractivity contribution in [3.63, 3.8) is 0 Å². The monoisotopic (exact) mass is 263 g/mol. The van der Waals surface area contributed by atoms with Crippen LogP contribution >= 0.6 is 0 Å². The molecule has 1 heterocycles. The summed E-state index contributed by atoms with van der Waals surface area (Å²) in [5.41, 5.74) is 2.38. The van der Waals surface area contributed by atoms with Crippen LogP contribution in [0.1, 0.15) is 50.3 Å². The van der Waals surface area contributed by atoms with E-state index in [1.165, 1.54) is 24.8 Å². The van der Waals surface area contributed by atoms with E-state index in [0.29, 0.717) is 6.42 Å². The lowest BCUT2D eigenvalue weighted by Crippen LogP contribution is -2.19. The molecule has 0 bridgehead atoms. The Morgan fingerprint density at radius 1 is 1.37 bits per heavy atom. The van der Waals surface area contributed by atoms with E-state index in [1.807, 2.05) is 6.92 Å². The van der Waals surface area contributed by atoms with E-state index in [2.05, 4.69) is 15.3 Å². The lowest BCUT2D eigenvalue weighted by Gasteiger charge is -2.17. The number of hydrogen-bond donors (Lipinski definition) is 2. The predicted octanol–water partition coefficient (Wildman–Crippen LogP) is 2.41. The number of nitrogens with zero attached hydrogens (tertiary/aromatic N) is 2. The third kappa shape index (κ3) is 3.91. The number of anilines is 1. The van der Waals surface area contributed by atoms with E-state index in [-0.39, 0.29) is 12.5 Å². The topological polar surface area (TPSA) is 75.1 Å². The minimum Gasteiger partial charge on any atom is -0.481 e. The fraction of sp³-hybridized carbons (Fsp3) is 0.643. The molecule has 0 aliphatic heterocycles. The van der Waals surface area contributed by atoms with Gasteiger partial charge in [-0.15, -0.1) is 0 Å². The molecule has 5 nitrogen and oxygen atoms in total. The second-order valence-corrected chi connectivity index (χ2v) is 5.19. The summed E-state index contributed by atoms with van der Waals surface area (Å²) in [5.74, 6) is 0.139. The first-order valence-corrected chi connectivity index (χ1v) is 6.98. The van der Waals surface area contributed by atoms with E-state index in [0.717, 1.165) is 24.4 Å². The Bertz CT molecular complexity index is 448. The van der Waals surface area contributed by atoms with Crippen LogP contribution in [0.4, 0.5) is 5.82 Å². The van der Waals surface area contributed by atoms with Crippen molar-refractivity contribution in [2.24, 2.45) is 0 Å². The van der Waals surface area contributed by atoms with Gasteiger partial charge >= 0.3 is 5.97 Å². The molecule has 0 aromatic carbocycles. The molecule has 1 aliphatic rings. The van der Waals surface area contributed by atoms with Gasteiger partial charge in [-0.2, -0.15) is 0 Å². The summed E-state index contributed by atoms with van der Waals surface area (Å²) in [7, 11) is 0. The molecule has 0 amide bonds. The number of fused-ring (bicyclic) bond motifs is 1. The van der Waals surface area contributed by atoms with Crippen molar-refractivity contribution in [2.75, 3.05) is 5.32 Å². The van der Waals surface area contributed by atoms with Crippen LogP contribution in [0.3, 0.4) is 0 Å². The molecular weight excluding hydrogens is 242 g/mol. The number of aliphatic carboxylic acids is 1. The van der Waals surface area contributed by atoms with Crippen LogP contribution < -0.4 is 5.32 Å². The summed E-state index contributed by atoms with van der Waals surface area (Å²) < 4.78 is 0. The van der Waals surface area contributed by atoms with Gasteiger partial charge < -0.3 is 10.4 Å². The Balaban J connectivity index is 2.05.